The fourth-order valence-corrected chi connectivity index (χ4v) is 1.18. The van der Waals surface area contributed by atoms with E-state index in [0.717, 1.165) is 5.56 Å². The van der Waals surface area contributed by atoms with E-state index < -0.39 is 4.92 Å². The first-order chi connectivity index (χ1) is 7.15. The first-order valence-electron chi connectivity index (χ1n) is 4.76. The lowest BCUT2D eigenvalue weighted by Crippen LogP contribution is -2.18. The molecule has 0 aromatic heterocycles. The summed E-state index contributed by atoms with van der Waals surface area (Å²) >= 11 is 0. The molecule has 0 spiro atoms. The molecule has 0 saturated carbocycles. The van der Waals surface area contributed by atoms with Crippen LogP contribution in [0.3, 0.4) is 0 Å². The lowest BCUT2D eigenvalue weighted by molar-refractivity contribution is -0.384. The summed E-state index contributed by atoms with van der Waals surface area (Å²) in [7, 11) is 0. The highest BCUT2D eigenvalue weighted by molar-refractivity contribution is 5.35. The smallest absolute Gasteiger partial charge is 0.269 e. The molecule has 1 aromatic rings. The molecule has 5 nitrogen and oxygen atoms in total. The maximum absolute atomic E-state index is 10.5. The van der Waals surface area contributed by atoms with E-state index in [0.29, 0.717) is 6.61 Å². The van der Waals surface area contributed by atoms with Crippen LogP contribution in [0.2, 0.25) is 0 Å². The van der Waals surface area contributed by atoms with E-state index in [9.17, 15) is 10.1 Å². The molecule has 0 bridgehead atoms. The number of hydrogen-bond donors (Lipinski definition) is 1. The second-order valence-electron chi connectivity index (χ2n) is 3.12. The van der Waals surface area contributed by atoms with Crippen molar-refractivity contribution in [1.29, 1.82) is 0 Å². The number of hydrogen-bond acceptors (Lipinski definition) is 4. The Kier molecular flexibility index (Phi) is 4.20. The van der Waals surface area contributed by atoms with Crippen LogP contribution in [0.15, 0.2) is 24.3 Å². The number of rotatable bonds is 5. The van der Waals surface area contributed by atoms with E-state index in [1.165, 1.54) is 12.1 Å². The zero-order chi connectivity index (χ0) is 11.3. The van der Waals surface area contributed by atoms with E-state index in [1.807, 2.05) is 19.9 Å². The molecule has 1 rings (SSSR count). The first kappa shape index (κ1) is 11.6. The van der Waals surface area contributed by atoms with Crippen LogP contribution in [-0.2, 0) is 4.84 Å². The Labute approximate surface area is 88.2 Å². The minimum Gasteiger partial charge on any atom is -0.302 e. The highest BCUT2D eigenvalue weighted by Gasteiger charge is 2.10. The second-order valence-corrected chi connectivity index (χ2v) is 3.12. The number of nitrogens with zero attached hydrogens (tertiary/aromatic N) is 1. The molecule has 15 heavy (non-hydrogen) atoms. The summed E-state index contributed by atoms with van der Waals surface area (Å²) in [6, 6.07) is 6.43. The fourth-order valence-electron chi connectivity index (χ4n) is 1.18. The van der Waals surface area contributed by atoms with Crippen molar-refractivity contribution in [2.24, 2.45) is 0 Å². The van der Waals surface area contributed by atoms with Crippen molar-refractivity contribution in [3.63, 3.8) is 0 Å². The van der Waals surface area contributed by atoms with Gasteiger partial charge >= 0.3 is 0 Å². The Balaban J connectivity index is 2.76. The Morgan fingerprint density at radius 3 is 2.93 bits per heavy atom. The van der Waals surface area contributed by atoms with Crippen LogP contribution in [0, 0.1) is 10.1 Å². The van der Waals surface area contributed by atoms with E-state index in [-0.39, 0.29) is 11.7 Å². The number of nitrogens with one attached hydrogen (secondary N) is 1. The summed E-state index contributed by atoms with van der Waals surface area (Å²) in [6.45, 7) is 4.31. The van der Waals surface area contributed by atoms with Gasteiger partial charge in [0.25, 0.3) is 5.69 Å². The zero-order valence-electron chi connectivity index (χ0n) is 8.77. The van der Waals surface area contributed by atoms with Gasteiger partial charge in [0, 0.05) is 12.1 Å². The number of benzene rings is 1. The SMILES string of the molecule is CCONC(C)c1cccc([N+](=O)[O-])c1. The maximum atomic E-state index is 10.5. The van der Waals surface area contributed by atoms with Crippen molar-refractivity contribution in [3.8, 4) is 0 Å². The van der Waals surface area contributed by atoms with Gasteiger partial charge in [0.1, 0.15) is 0 Å². The van der Waals surface area contributed by atoms with Gasteiger partial charge in [-0.2, -0.15) is 5.48 Å². The molecule has 0 aliphatic rings. The van der Waals surface area contributed by atoms with Crippen LogP contribution < -0.4 is 5.48 Å². The molecule has 1 atom stereocenters. The van der Waals surface area contributed by atoms with E-state index >= 15 is 0 Å². The summed E-state index contributed by atoms with van der Waals surface area (Å²) in [5, 5.41) is 10.5. The molecular formula is C10H14N2O3. The number of hydroxylamine groups is 1. The number of non-ortho nitro benzene ring substituents is 1. The van der Waals surface area contributed by atoms with Gasteiger partial charge in [0.05, 0.1) is 17.6 Å². The third-order valence-electron chi connectivity index (χ3n) is 1.99. The fraction of sp³-hybridized carbons (Fsp3) is 0.400. The largest absolute Gasteiger partial charge is 0.302 e. The van der Waals surface area contributed by atoms with E-state index in [4.69, 9.17) is 4.84 Å². The highest BCUT2D eigenvalue weighted by Crippen LogP contribution is 2.18. The van der Waals surface area contributed by atoms with Crippen molar-refractivity contribution >= 4 is 5.69 Å². The first-order valence-corrected chi connectivity index (χ1v) is 4.76. The van der Waals surface area contributed by atoms with Crippen molar-refractivity contribution in [2.75, 3.05) is 6.61 Å². The summed E-state index contributed by atoms with van der Waals surface area (Å²) < 4.78 is 0. The van der Waals surface area contributed by atoms with Crippen LogP contribution in [0.25, 0.3) is 0 Å². The molecule has 0 amide bonds. The molecule has 0 aliphatic heterocycles. The monoisotopic (exact) mass is 210 g/mol. The Morgan fingerprint density at radius 2 is 2.33 bits per heavy atom. The normalized spacial score (nSPS) is 12.4. The molecule has 0 radical (unpaired) electrons. The van der Waals surface area contributed by atoms with Crippen LogP contribution in [0.5, 0.6) is 0 Å². The number of nitro groups is 1. The molecular weight excluding hydrogens is 196 g/mol. The molecule has 0 aliphatic carbocycles. The van der Waals surface area contributed by atoms with Crippen molar-refractivity contribution in [3.05, 3.63) is 39.9 Å². The van der Waals surface area contributed by atoms with Gasteiger partial charge in [0.2, 0.25) is 0 Å². The molecule has 0 saturated heterocycles. The summed E-state index contributed by atoms with van der Waals surface area (Å²) in [5.41, 5.74) is 3.72. The minimum absolute atomic E-state index is 0.0650. The highest BCUT2D eigenvalue weighted by atomic mass is 16.6. The zero-order valence-corrected chi connectivity index (χ0v) is 8.77. The van der Waals surface area contributed by atoms with Crippen LogP contribution in [0.4, 0.5) is 5.69 Å². The van der Waals surface area contributed by atoms with Crippen molar-refractivity contribution in [1.82, 2.24) is 5.48 Å². The Morgan fingerprint density at radius 1 is 1.60 bits per heavy atom. The van der Waals surface area contributed by atoms with Gasteiger partial charge in [-0.1, -0.05) is 12.1 Å². The predicted molar refractivity (Wildman–Crippen MR) is 56.3 cm³/mol. The average Bonchev–Trinajstić information content (AvgIpc) is 2.26. The van der Waals surface area contributed by atoms with Gasteiger partial charge in [-0.15, -0.1) is 0 Å². The van der Waals surface area contributed by atoms with E-state index in [1.54, 1.807) is 6.07 Å². The molecule has 5 heteroatoms. The Bertz CT molecular complexity index is 341. The van der Waals surface area contributed by atoms with Crippen molar-refractivity contribution < 1.29 is 9.76 Å². The van der Waals surface area contributed by atoms with Gasteiger partial charge in [-0.3, -0.25) is 10.1 Å². The number of nitro benzene ring substituents is 1. The summed E-state index contributed by atoms with van der Waals surface area (Å²) in [5.74, 6) is 0. The van der Waals surface area contributed by atoms with Crippen LogP contribution in [0.1, 0.15) is 25.5 Å². The second kappa shape index (κ2) is 5.43. The standard InChI is InChI=1S/C10H14N2O3/c1-3-15-11-8(2)9-5-4-6-10(7-9)12(13)14/h4-8,11H,3H2,1-2H3. The maximum Gasteiger partial charge on any atom is 0.269 e. The van der Waals surface area contributed by atoms with Gasteiger partial charge in [-0.05, 0) is 19.4 Å². The van der Waals surface area contributed by atoms with Gasteiger partial charge < -0.3 is 4.84 Å². The summed E-state index contributed by atoms with van der Waals surface area (Å²) in [4.78, 5) is 15.2. The van der Waals surface area contributed by atoms with Crippen molar-refractivity contribution in [2.45, 2.75) is 19.9 Å². The Hall–Kier alpha value is -1.46. The molecule has 1 N–H and O–H groups in total. The molecule has 1 unspecified atom stereocenters. The predicted octanol–water partition coefficient (Wildman–Crippen LogP) is 2.20. The third-order valence-corrected chi connectivity index (χ3v) is 1.99. The summed E-state index contributed by atoms with van der Waals surface area (Å²) in [6.07, 6.45) is 0. The molecule has 82 valence electrons. The molecule has 0 heterocycles. The quantitative estimate of drug-likeness (QED) is 0.597. The third kappa shape index (κ3) is 3.30. The lowest BCUT2D eigenvalue weighted by atomic mass is 10.1. The molecule has 0 fully saturated rings. The average molecular weight is 210 g/mol. The minimum atomic E-state index is -0.406. The topological polar surface area (TPSA) is 64.4 Å². The van der Waals surface area contributed by atoms with Gasteiger partial charge in [0.15, 0.2) is 0 Å². The lowest BCUT2D eigenvalue weighted by Gasteiger charge is -2.12. The van der Waals surface area contributed by atoms with Crippen LogP contribution >= 0.6 is 0 Å². The molecule has 1 aromatic carbocycles. The van der Waals surface area contributed by atoms with E-state index in [2.05, 4.69) is 5.48 Å². The van der Waals surface area contributed by atoms with Crippen LogP contribution in [-0.4, -0.2) is 11.5 Å². The van der Waals surface area contributed by atoms with Gasteiger partial charge in [-0.25, -0.2) is 0 Å².